The zero-order valence-corrected chi connectivity index (χ0v) is 22.1. The van der Waals surface area contributed by atoms with Gasteiger partial charge >= 0.3 is 23.9 Å². The Hall–Kier alpha value is -2.94. The maximum Gasteiger partial charge on any atom is 0.323 e. The van der Waals surface area contributed by atoms with E-state index in [4.69, 9.17) is 18.9 Å². The number of rotatable bonds is 18. The van der Waals surface area contributed by atoms with Crippen LogP contribution in [0.15, 0.2) is 18.2 Å². The first-order chi connectivity index (χ1) is 17.3. The second kappa shape index (κ2) is 18.3. The lowest BCUT2D eigenvalue weighted by Crippen LogP contribution is -2.41. The molecule has 36 heavy (non-hydrogen) atoms. The van der Waals surface area contributed by atoms with Crippen LogP contribution in [-0.4, -0.2) is 50.2 Å². The molecule has 202 valence electrons. The molecule has 1 aromatic carbocycles. The summed E-state index contributed by atoms with van der Waals surface area (Å²) in [6.07, 6.45) is 5.85. The Bertz CT molecular complexity index is 839. The van der Waals surface area contributed by atoms with Gasteiger partial charge in [-0.05, 0) is 43.4 Å². The maximum atomic E-state index is 12.3. The van der Waals surface area contributed by atoms with Crippen LogP contribution in [0.2, 0.25) is 0 Å². The van der Waals surface area contributed by atoms with Gasteiger partial charge in [0, 0.05) is 25.8 Å². The minimum absolute atomic E-state index is 0.128. The van der Waals surface area contributed by atoms with Gasteiger partial charge in [-0.2, -0.15) is 0 Å². The second-order valence-corrected chi connectivity index (χ2v) is 8.49. The largest absolute Gasteiger partial charge is 0.468 e. The average molecular weight is 508 g/mol. The summed E-state index contributed by atoms with van der Waals surface area (Å²) in [7, 11) is 1.29. The van der Waals surface area contributed by atoms with Gasteiger partial charge in [-0.1, -0.05) is 46.1 Å². The van der Waals surface area contributed by atoms with Crippen LogP contribution in [-0.2, 0) is 35.1 Å². The van der Waals surface area contributed by atoms with E-state index in [-0.39, 0.29) is 49.9 Å². The number of carbonyl (C=O) groups excluding carboxylic acids is 4. The lowest BCUT2D eigenvalue weighted by atomic mass is 10.0. The fourth-order valence-electron chi connectivity index (χ4n) is 3.24. The zero-order valence-electron chi connectivity index (χ0n) is 22.1. The molecule has 0 aliphatic rings. The van der Waals surface area contributed by atoms with Crippen LogP contribution in [0.5, 0.6) is 11.5 Å². The molecule has 0 saturated carbocycles. The molecular weight excluding hydrogens is 466 g/mol. The predicted octanol–water partition coefficient (Wildman–Crippen LogP) is 4.28. The van der Waals surface area contributed by atoms with Crippen molar-refractivity contribution in [3.8, 4) is 11.5 Å². The molecule has 0 aliphatic carbocycles. The normalized spacial score (nSPS) is 11.4. The molecule has 0 radical (unpaired) electrons. The minimum Gasteiger partial charge on any atom is -0.468 e. The number of unbranched alkanes of at least 4 members (excludes halogenated alkanes) is 3. The monoisotopic (exact) mass is 507 g/mol. The Morgan fingerprint density at radius 3 is 1.92 bits per heavy atom. The molecule has 0 unspecified atom stereocenters. The van der Waals surface area contributed by atoms with Crippen LogP contribution in [0.4, 0.5) is 0 Å². The number of hydrogen-bond acceptors (Lipinski definition) is 9. The maximum absolute atomic E-state index is 12.3. The zero-order chi connectivity index (χ0) is 26.8. The van der Waals surface area contributed by atoms with E-state index in [2.05, 4.69) is 5.32 Å². The number of nitrogens with one attached hydrogen (secondary N) is 1. The van der Waals surface area contributed by atoms with Crippen molar-refractivity contribution in [2.75, 3.05) is 20.3 Å². The molecule has 0 fully saturated rings. The second-order valence-electron chi connectivity index (χ2n) is 8.49. The van der Waals surface area contributed by atoms with Crippen LogP contribution in [0.25, 0.3) is 0 Å². The summed E-state index contributed by atoms with van der Waals surface area (Å²) >= 11 is 0. The Labute approximate surface area is 214 Å². The van der Waals surface area contributed by atoms with Crippen LogP contribution in [0.3, 0.4) is 0 Å². The minimum atomic E-state index is -0.717. The van der Waals surface area contributed by atoms with Gasteiger partial charge in [0.15, 0.2) is 11.5 Å². The average Bonchev–Trinajstić information content (AvgIpc) is 2.87. The summed E-state index contributed by atoms with van der Waals surface area (Å²) in [5.41, 5.74) is 0.671. The van der Waals surface area contributed by atoms with Gasteiger partial charge in [0.05, 0.1) is 7.11 Å². The first-order valence-corrected chi connectivity index (χ1v) is 12.9. The summed E-state index contributed by atoms with van der Waals surface area (Å²) in [6, 6.07) is 4.14. The summed E-state index contributed by atoms with van der Waals surface area (Å²) in [4.78, 5) is 48.4. The molecule has 0 heterocycles. The fraction of sp³-hybridized carbons (Fsp3) is 0.630. The molecule has 0 aliphatic heterocycles. The third-order valence-corrected chi connectivity index (χ3v) is 5.34. The van der Waals surface area contributed by atoms with Gasteiger partial charge in [-0.3, -0.25) is 19.2 Å². The molecule has 0 aromatic heterocycles. The number of ether oxygens (including phenoxy) is 4. The SMILES string of the molecule is CCCCC(=O)OCCN[C@@H](Cc1ccc(OC(=O)CCCC)c(OC(=O)CCCC)c1)C(=O)OC. The first-order valence-electron chi connectivity index (χ1n) is 12.9. The third kappa shape index (κ3) is 12.7. The number of methoxy groups -OCH3 is 1. The van der Waals surface area contributed by atoms with E-state index in [1.807, 2.05) is 20.8 Å². The highest BCUT2D eigenvalue weighted by atomic mass is 16.6. The summed E-state index contributed by atoms with van der Waals surface area (Å²) < 4.78 is 21.0. The number of carbonyl (C=O) groups is 4. The van der Waals surface area contributed by atoms with E-state index >= 15 is 0 Å². The lowest BCUT2D eigenvalue weighted by molar-refractivity contribution is -0.144. The van der Waals surface area contributed by atoms with E-state index in [0.717, 1.165) is 25.7 Å². The van der Waals surface area contributed by atoms with Gasteiger partial charge < -0.3 is 24.3 Å². The van der Waals surface area contributed by atoms with Gasteiger partial charge in [-0.25, -0.2) is 0 Å². The van der Waals surface area contributed by atoms with Gasteiger partial charge in [0.25, 0.3) is 0 Å². The van der Waals surface area contributed by atoms with Crippen LogP contribution < -0.4 is 14.8 Å². The third-order valence-electron chi connectivity index (χ3n) is 5.34. The molecule has 0 saturated heterocycles. The number of hydrogen-bond donors (Lipinski definition) is 1. The van der Waals surface area contributed by atoms with Crippen molar-refractivity contribution in [1.82, 2.24) is 5.32 Å². The fourth-order valence-corrected chi connectivity index (χ4v) is 3.24. The van der Waals surface area contributed by atoms with Crippen molar-refractivity contribution in [2.45, 2.75) is 91.0 Å². The Balaban J connectivity index is 2.92. The van der Waals surface area contributed by atoms with Gasteiger partial charge in [0.2, 0.25) is 0 Å². The van der Waals surface area contributed by atoms with E-state index in [0.29, 0.717) is 24.8 Å². The standard InChI is InChI=1S/C27H41NO8/c1-5-8-11-24(29)34-17-16-28-21(27(32)33-4)18-20-14-15-22(35-25(30)12-9-6-2)23(19-20)36-26(31)13-10-7-3/h14-15,19,21,28H,5-13,16-18H2,1-4H3/t21-/m0/s1. The molecule has 1 rings (SSSR count). The topological polar surface area (TPSA) is 117 Å². The van der Waals surface area contributed by atoms with Crippen molar-refractivity contribution in [3.05, 3.63) is 23.8 Å². The Morgan fingerprint density at radius 1 is 0.806 bits per heavy atom. The highest BCUT2D eigenvalue weighted by Gasteiger charge is 2.21. The van der Waals surface area contributed by atoms with Gasteiger partial charge in [-0.15, -0.1) is 0 Å². The lowest BCUT2D eigenvalue weighted by Gasteiger charge is -2.18. The van der Waals surface area contributed by atoms with Crippen molar-refractivity contribution < 1.29 is 38.1 Å². The molecular formula is C27H41NO8. The van der Waals surface area contributed by atoms with Crippen LogP contribution >= 0.6 is 0 Å². The molecule has 9 heteroatoms. The first kappa shape index (κ1) is 31.1. The van der Waals surface area contributed by atoms with Crippen molar-refractivity contribution in [3.63, 3.8) is 0 Å². The van der Waals surface area contributed by atoms with Crippen molar-refractivity contribution in [2.24, 2.45) is 0 Å². The van der Waals surface area contributed by atoms with E-state index in [1.165, 1.54) is 7.11 Å². The molecule has 1 N–H and O–H groups in total. The smallest absolute Gasteiger partial charge is 0.323 e. The summed E-state index contributed by atoms with van der Waals surface area (Å²) in [5.74, 6) is -1.29. The summed E-state index contributed by atoms with van der Waals surface area (Å²) in [6.45, 7) is 6.34. The van der Waals surface area contributed by atoms with E-state index < -0.39 is 23.9 Å². The number of benzene rings is 1. The van der Waals surface area contributed by atoms with Crippen LogP contribution in [0.1, 0.15) is 84.1 Å². The van der Waals surface area contributed by atoms with E-state index in [9.17, 15) is 19.2 Å². The Morgan fingerprint density at radius 2 is 1.36 bits per heavy atom. The quantitative estimate of drug-likeness (QED) is 0.176. The molecule has 1 atom stereocenters. The van der Waals surface area contributed by atoms with Crippen molar-refractivity contribution in [1.29, 1.82) is 0 Å². The Kier molecular flexibility index (Phi) is 15.8. The predicted molar refractivity (Wildman–Crippen MR) is 135 cm³/mol. The highest BCUT2D eigenvalue weighted by molar-refractivity contribution is 5.77. The summed E-state index contributed by atoms with van der Waals surface area (Å²) in [5, 5.41) is 3.04. The molecule has 9 nitrogen and oxygen atoms in total. The van der Waals surface area contributed by atoms with Crippen LogP contribution in [0, 0.1) is 0 Å². The molecule has 0 amide bonds. The number of esters is 4. The molecule has 1 aromatic rings. The van der Waals surface area contributed by atoms with E-state index in [1.54, 1.807) is 18.2 Å². The molecule has 0 bridgehead atoms. The highest BCUT2D eigenvalue weighted by Crippen LogP contribution is 2.30. The molecule has 0 spiro atoms. The van der Waals surface area contributed by atoms with Gasteiger partial charge in [0.1, 0.15) is 12.6 Å². The van der Waals surface area contributed by atoms with Crippen molar-refractivity contribution >= 4 is 23.9 Å².